The zero-order valence-electron chi connectivity index (χ0n) is 40.6. The van der Waals surface area contributed by atoms with E-state index in [-0.39, 0.29) is 9.79 Å². The molecule has 0 heterocycles. The van der Waals surface area contributed by atoms with Gasteiger partial charge >= 0.3 is 0 Å². The van der Waals surface area contributed by atoms with Gasteiger partial charge in [0.15, 0.2) is 0 Å². The maximum absolute atomic E-state index is 12.6. The molecule has 370 valence electrons. The number of hydrogen-bond acceptors (Lipinski definition) is 11. The number of benzene rings is 6. The molecular formula is C50H58O13P2S4. The van der Waals surface area contributed by atoms with E-state index < -0.39 is 67.8 Å². The Kier molecular flexibility index (Phi) is 17.7. The third kappa shape index (κ3) is 13.5. The van der Waals surface area contributed by atoms with E-state index in [2.05, 4.69) is 6.07 Å². The minimum absolute atomic E-state index is 0.0445. The molecule has 0 aliphatic carbocycles. The van der Waals surface area contributed by atoms with Crippen LogP contribution >= 0.6 is 15.8 Å². The van der Waals surface area contributed by atoms with Crippen LogP contribution in [0.5, 0.6) is 5.75 Å². The lowest BCUT2D eigenvalue weighted by Gasteiger charge is -2.26. The summed E-state index contributed by atoms with van der Waals surface area (Å²) >= 11 is 0. The number of rotatable bonds is 15. The van der Waals surface area contributed by atoms with E-state index in [1.165, 1.54) is 0 Å². The fourth-order valence-electron chi connectivity index (χ4n) is 7.91. The van der Waals surface area contributed by atoms with Crippen LogP contribution in [0.2, 0.25) is 0 Å². The molecule has 0 aromatic heterocycles. The Bertz CT molecular complexity index is 3390. The molecular weight excluding hydrogens is 999 g/mol. The molecule has 13 nitrogen and oxygen atoms in total. The summed E-state index contributed by atoms with van der Waals surface area (Å²) < 4.78 is 131. The van der Waals surface area contributed by atoms with E-state index in [9.17, 15) is 42.8 Å². The summed E-state index contributed by atoms with van der Waals surface area (Å²) in [4.78, 5) is 0.125. The number of hydrogen-bond donors (Lipinski definition) is 2. The quantitative estimate of drug-likeness (QED) is 0.0598. The molecule has 6 aromatic carbocycles. The molecule has 0 aliphatic heterocycles. The highest BCUT2D eigenvalue weighted by atomic mass is 32.2. The zero-order valence-corrected chi connectivity index (χ0v) is 45.6. The van der Waals surface area contributed by atoms with Gasteiger partial charge in [-0.05, 0) is 191 Å². The molecule has 6 rings (SSSR count). The second-order valence-corrected chi connectivity index (χ2v) is 27.5. The fourth-order valence-corrected chi connectivity index (χ4v) is 16.7. The fraction of sp³-hybridized carbons (Fsp3) is 0.280. The summed E-state index contributed by atoms with van der Waals surface area (Å²) in [6.45, 7) is 17.3. The number of ether oxygens (including phenoxy) is 1. The molecule has 19 heteroatoms. The van der Waals surface area contributed by atoms with E-state index in [0.29, 0.717) is 22.4 Å². The van der Waals surface area contributed by atoms with Gasteiger partial charge < -0.3 is 4.74 Å². The van der Waals surface area contributed by atoms with Crippen LogP contribution in [0.1, 0.15) is 61.2 Å². The van der Waals surface area contributed by atoms with E-state index >= 15 is 0 Å². The van der Waals surface area contributed by atoms with Gasteiger partial charge in [0, 0.05) is 5.30 Å². The van der Waals surface area contributed by atoms with Gasteiger partial charge in [0.05, 0.1) is 31.1 Å². The molecule has 2 atom stereocenters. The van der Waals surface area contributed by atoms with Crippen molar-refractivity contribution in [3.8, 4) is 5.75 Å². The first kappa shape index (κ1) is 55.5. The predicted molar refractivity (Wildman–Crippen MR) is 278 cm³/mol. The third-order valence-electron chi connectivity index (χ3n) is 11.6. The normalized spacial score (nSPS) is 13.1. The molecule has 0 spiro atoms. The summed E-state index contributed by atoms with van der Waals surface area (Å²) in [5, 5.41) is 5.22. The van der Waals surface area contributed by atoms with Gasteiger partial charge in [-0.2, -0.15) is 33.7 Å². The lowest BCUT2D eigenvalue weighted by Crippen LogP contribution is -2.27. The second kappa shape index (κ2) is 21.9. The summed E-state index contributed by atoms with van der Waals surface area (Å²) in [6.07, 6.45) is 0. The van der Waals surface area contributed by atoms with Crippen LogP contribution in [0.3, 0.4) is 0 Å². The van der Waals surface area contributed by atoms with Crippen molar-refractivity contribution in [2.75, 3.05) is 21.3 Å². The second-order valence-electron chi connectivity index (χ2n) is 16.8. The standard InChI is InChI=1S/C25H29O7PS2.C25H29O6PS2/c1-16-8-7-9-21(10-16)33(23-14-22(35(29,30)32-6)12-17(2)19(23)4)24-13-20(15-34(26,27)28)11-18(3)25(24)31-5;1-16-8-7-9-22(10-16)32(24-13-21(15-33(26,27)28)11-17(2)19(24)4)25-14-23(34(29,30)31-6)12-18(3)20(25)5/h7-14H,15H2,1-6H3,(H,26,27,28);7-14H,15H2,1-6H3,(H,26,27,28). The smallest absolute Gasteiger partial charge is 0.296 e. The van der Waals surface area contributed by atoms with Gasteiger partial charge in [-0.25, -0.2) is 0 Å². The van der Waals surface area contributed by atoms with E-state index in [1.807, 2.05) is 111 Å². The van der Waals surface area contributed by atoms with Crippen LogP contribution in [0, 0.1) is 62.3 Å². The van der Waals surface area contributed by atoms with Crippen molar-refractivity contribution in [2.24, 2.45) is 0 Å². The number of methoxy groups -OCH3 is 1. The molecule has 0 radical (unpaired) electrons. The third-order valence-corrected chi connectivity index (χ3v) is 20.8. The van der Waals surface area contributed by atoms with Gasteiger partial charge in [-0.3, -0.25) is 17.5 Å². The largest absolute Gasteiger partial charge is 0.496 e. The average molecular weight is 1060 g/mol. The van der Waals surface area contributed by atoms with Crippen molar-refractivity contribution in [1.29, 1.82) is 0 Å². The van der Waals surface area contributed by atoms with Gasteiger partial charge in [-0.15, -0.1) is 0 Å². The molecule has 0 saturated carbocycles. The molecule has 0 amide bonds. The Labute approximate surface area is 410 Å². The highest BCUT2D eigenvalue weighted by Gasteiger charge is 2.29. The van der Waals surface area contributed by atoms with Crippen molar-refractivity contribution in [1.82, 2.24) is 0 Å². The topological polar surface area (TPSA) is 205 Å². The highest BCUT2D eigenvalue weighted by molar-refractivity contribution is 7.87. The van der Waals surface area contributed by atoms with Crippen LogP contribution < -0.4 is 36.6 Å². The lowest BCUT2D eigenvalue weighted by atomic mass is 10.1. The summed E-state index contributed by atoms with van der Waals surface area (Å²) in [6, 6.07) is 29.4. The first-order valence-electron chi connectivity index (χ1n) is 21.3. The van der Waals surface area contributed by atoms with Crippen molar-refractivity contribution in [3.05, 3.63) is 158 Å². The minimum atomic E-state index is -4.27. The van der Waals surface area contributed by atoms with Crippen LogP contribution in [-0.2, 0) is 60.3 Å². The molecule has 69 heavy (non-hydrogen) atoms. The van der Waals surface area contributed by atoms with Crippen molar-refractivity contribution < 1.29 is 55.9 Å². The number of aryl methyl sites for hydroxylation is 6. The SMILES string of the molecule is COS(=O)(=O)c1cc(C)c(C)c(P(c2cccc(C)c2)c2cc(CS(=O)(=O)O)cc(C)c2C)c1.COc1c(C)cc(CS(=O)(=O)O)cc1P(c1cccc(C)c1)c1cc(S(=O)(=O)OC)cc(C)c1C. The molecule has 0 saturated heterocycles. The van der Waals surface area contributed by atoms with Crippen molar-refractivity contribution in [3.63, 3.8) is 0 Å². The minimum Gasteiger partial charge on any atom is -0.496 e. The van der Waals surface area contributed by atoms with Crippen LogP contribution in [-0.4, -0.2) is 64.1 Å². The van der Waals surface area contributed by atoms with Crippen LogP contribution in [0.15, 0.2) is 107 Å². The Hall–Kier alpha value is -4.38. The molecule has 0 aliphatic rings. The summed E-state index contributed by atoms with van der Waals surface area (Å²) in [5.74, 6) is -0.458. The van der Waals surface area contributed by atoms with Crippen molar-refractivity contribution in [2.45, 2.75) is 83.6 Å². The average Bonchev–Trinajstić information content (AvgIpc) is 3.24. The maximum atomic E-state index is 12.6. The highest BCUT2D eigenvalue weighted by Crippen LogP contribution is 2.42. The monoisotopic (exact) mass is 1060 g/mol. The van der Waals surface area contributed by atoms with Gasteiger partial charge in [-0.1, -0.05) is 71.8 Å². The lowest BCUT2D eigenvalue weighted by molar-refractivity contribution is 0.396. The molecule has 6 aromatic rings. The molecule has 2 unspecified atom stereocenters. The van der Waals surface area contributed by atoms with Crippen LogP contribution in [0.4, 0.5) is 0 Å². The summed E-state index contributed by atoms with van der Waals surface area (Å²) in [5.41, 5.74) is 9.03. The van der Waals surface area contributed by atoms with Gasteiger partial charge in [0.1, 0.15) is 17.3 Å². The summed E-state index contributed by atoms with van der Waals surface area (Å²) in [7, 11) is -15.2. The van der Waals surface area contributed by atoms with E-state index in [4.69, 9.17) is 13.1 Å². The Balaban J connectivity index is 0.000000258. The maximum Gasteiger partial charge on any atom is 0.296 e. The van der Waals surface area contributed by atoms with Crippen LogP contribution in [0.25, 0.3) is 0 Å². The molecule has 2 N–H and O–H groups in total. The molecule has 0 bridgehead atoms. The van der Waals surface area contributed by atoms with E-state index in [1.54, 1.807) is 49.6 Å². The Morgan fingerprint density at radius 1 is 0.435 bits per heavy atom. The first-order valence-corrected chi connectivity index (χ1v) is 30.0. The first-order chi connectivity index (χ1) is 32.0. The van der Waals surface area contributed by atoms with E-state index in [0.717, 1.165) is 90.6 Å². The Morgan fingerprint density at radius 3 is 1.14 bits per heavy atom. The Morgan fingerprint density at radius 2 is 0.783 bits per heavy atom. The van der Waals surface area contributed by atoms with Crippen molar-refractivity contribution >= 4 is 88.1 Å². The predicted octanol–water partition coefficient (Wildman–Crippen LogP) is 7.12. The zero-order chi connectivity index (χ0) is 51.6. The molecule has 0 fully saturated rings. The van der Waals surface area contributed by atoms with Gasteiger partial charge in [0.2, 0.25) is 0 Å². The van der Waals surface area contributed by atoms with Gasteiger partial charge in [0.25, 0.3) is 40.5 Å².